The van der Waals surface area contributed by atoms with Crippen LogP contribution in [0, 0.1) is 0 Å². The number of hydrogen-bond acceptors (Lipinski definition) is 5. The zero-order valence-corrected chi connectivity index (χ0v) is 16.2. The standard InChI is InChI=1S/C18H31NO4Si/c1-4-5-12-19(17-10-7-6-8-11-17)15-18-16-22-13-9-14-24(20-2,21-3)23-18/h6-8,10-11,18H,4-5,9,12-16H2,1-3H3. The van der Waals surface area contributed by atoms with Gasteiger partial charge in [0.1, 0.15) is 0 Å². The third kappa shape index (κ3) is 5.56. The van der Waals surface area contributed by atoms with Crippen molar-refractivity contribution < 1.29 is 18.0 Å². The molecular formula is C18H31NO4Si. The minimum Gasteiger partial charge on any atom is -0.379 e. The van der Waals surface area contributed by atoms with E-state index in [0.29, 0.717) is 6.61 Å². The van der Waals surface area contributed by atoms with E-state index in [2.05, 4.69) is 36.1 Å². The minimum absolute atomic E-state index is 0.0473. The molecule has 1 aromatic rings. The van der Waals surface area contributed by atoms with Crippen LogP contribution >= 0.6 is 0 Å². The molecule has 6 heteroatoms. The van der Waals surface area contributed by atoms with Crippen LogP contribution in [0.4, 0.5) is 5.69 Å². The van der Waals surface area contributed by atoms with E-state index in [1.54, 1.807) is 14.2 Å². The topological polar surface area (TPSA) is 40.2 Å². The molecule has 1 aliphatic rings. The molecule has 1 atom stereocenters. The lowest BCUT2D eigenvalue weighted by molar-refractivity contribution is -0.0113. The molecule has 1 aromatic carbocycles. The summed E-state index contributed by atoms with van der Waals surface area (Å²) < 4.78 is 23.5. The van der Waals surface area contributed by atoms with Crippen molar-refractivity contribution in [3.8, 4) is 0 Å². The molecule has 0 saturated carbocycles. The minimum atomic E-state index is -2.58. The van der Waals surface area contributed by atoms with E-state index in [-0.39, 0.29) is 6.10 Å². The fourth-order valence-corrected chi connectivity index (χ4v) is 5.10. The summed E-state index contributed by atoms with van der Waals surface area (Å²) in [5, 5.41) is 0. The summed E-state index contributed by atoms with van der Waals surface area (Å²) in [5.74, 6) is 0. The molecule has 1 heterocycles. The molecule has 0 amide bonds. The summed E-state index contributed by atoms with van der Waals surface area (Å²) in [7, 11) is 0.810. The first-order valence-electron chi connectivity index (χ1n) is 8.89. The third-order valence-electron chi connectivity index (χ3n) is 4.37. The Morgan fingerprint density at radius 1 is 1.21 bits per heavy atom. The number of hydrogen-bond donors (Lipinski definition) is 0. The van der Waals surface area contributed by atoms with Crippen LogP contribution in [0.15, 0.2) is 30.3 Å². The Morgan fingerprint density at radius 3 is 2.62 bits per heavy atom. The van der Waals surface area contributed by atoms with Gasteiger partial charge in [0, 0.05) is 45.6 Å². The van der Waals surface area contributed by atoms with Crippen molar-refractivity contribution in [1.29, 1.82) is 0 Å². The highest BCUT2D eigenvalue weighted by molar-refractivity contribution is 6.60. The van der Waals surface area contributed by atoms with Crippen molar-refractivity contribution in [3.63, 3.8) is 0 Å². The number of ether oxygens (including phenoxy) is 1. The summed E-state index contributed by atoms with van der Waals surface area (Å²) >= 11 is 0. The SMILES string of the molecule is CCCCN(CC1COCCC[Si](OC)(OC)O1)c1ccccc1. The molecular weight excluding hydrogens is 322 g/mol. The van der Waals surface area contributed by atoms with Crippen LogP contribution in [-0.2, 0) is 18.0 Å². The molecule has 1 fully saturated rings. The van der Waals surface area contributed by atoms with Gasteiger partial charge < -0.3 is 22.9 Å². The molecule has 24 heavy (non-hydrogen) atoms. The first-order valence-corrected chi connectivity index (χ1v) is 10.8. The van der Waals surface area contributed by atoms with Crippen LogP contribution in [-0.4, -0.2) is 55.4 Å². The van der Waals surface area contributed by atoms with E-state index < -0.39 is 8.80 Å². The Hall–Kier alpha value is -0.923. The summed E-state index contributed by atoms with van der Waals surface area (Å²) in [5.41, 5.74) is 1.22. The van der Waals surface area contributed by atoms with Crippen molar-refractivity contribution in [2.45, 2.75) is 38.3 Å². The highest BCUT2D eigenvalue weighted by Gasteiger charge is 2.42. The maximum atomic E-state index is 6.34. The van der Waals surface area contributed by atoms with Crippen LogP contribution in [0.5, 0.6) is 0 Å². The lowest BCUT2D eigenvalue weighted by atomic mass is 10.2. The van der Waals surface area contributed by atoms with Gasteiger partial charge in [0.25, 0.3) is 0 Å². The molecule has 0 aliphatic carbocycles. The van der Waals surface area contributed by atoms with Gasteiger partial charge in [0.05, 0.1) is 12.7 Å². The number of unbranched alkanes of at least 4 members (excludes halogenated alkanes) is 1. The second-order valence-corrected chi connectivity index (χ2v) is 9.06. The highest BCUT2D eigenvalue weighted by atomic mass is 28.4. The number of rotatable bonds is 8. The van der Waals surface area contributed by atoms with Gasteiger partial charge in [-0.1, -0.05) is 31.5 Å². The number of para-hydroxylation sites is 1. The highest BCUT2D eigenvalue weighted by Crippen LogP contribution is 2.23. The van der Waals surface area contributed by atoms with Gasteiger partial charge in [-0.3, -0.25) is 0 Å². The fourth-order valence-electron chi connectivity index (χ4n) is 2.99. The third-order valence-corrected chi connectivity index (χ3v) is 7.27. The largest absolute Gasteiger partial charge is 0.500 e. The molecule has 136 valence electrons. The number of anilines is 1. The van der Waals surface area contributed by atoms with Crippen molar-refractivity contribution in [2.75, 3.05) is 45.4 Å². The Labute approximate surface area is 147 Å². The second kappa shape index (κ2) is 10.2. The van der Waals surface area contributed by atoms with Crippen molar-refractivity contribution >= 4 is 14.5 Å². The zero-order chi connectivity index (χ0) is 17.3. The molecule has 0 aromatic heterocycles. The van der Waals surface area contributed by atoms with Gasteiger partial charge in [0.2, 0.25) is 0 Å². The molecule has 0 bridgehead atoms. The lowest BCUT2D eigenvalue weighted by Crippen LogP contribution is -2.52. The quantitative estimate of drug-likeness (QED) is 0.671. The van der Waals surface area contributed by atoms with Crippen LogP contribution in [0.3, 0.4) is 0 Å². The Balaban J connectivity index is 2.09. The molecule has 1 aliphatic heterocycles. The molecule has 0 spiro atoms. The molecule has 5 nitrogen and oxygen atoms in total. The van der Waals surface area contributed by atoms with E-state index in [1.807, 2.05) is 6.07 Å². The maximum absolute atomic E-state index is 6.34. The van der Waals surface area contributed by atoms with E-state index >= 15 is 0 Å². The summed E-state index contributed by atoms with van der Waals surface area (Å²) in [6.07, 6.45) is 3.19. The van der Waals surface area contributed by atoms with Crippen LogP contribution < -0.4 is 4.90 Å². The molecule has 1 unspecified atom stereocenters. The number of nitrogens with zero attached hydrogens (tertiary/aromatic N) is 1. The van der Waals surface area contributed by atoms with Gasteiger partial charge in [0.15, 0.2) is 0 Å². The second-order valence-electron chi connectivity index (χ2n) is 6.14. The number of benzene rings is 1. The zero-order valence-electron chi connectivity index (χ0n) is 15.2. The Bertz CT molecular complexity index is 456. The summed E-state index contributed by atoms with van der Waals surface area (Å²) in [6, 6.07) is 11.3. The van der Waals surface area contributed by atoms with E-state index in [0.717, 1.165) is 38.6 Å². The van der Waals surface area contributed by atoms with E-state index in [9.17, 15) is 0 Å². The van der Waals surface area contributed by atoms with Gasteiger partial charge in [-0.15, -0.1) is 0 Å². The summed E-state index contributed by atoms with van der Waals surface area (Å²) in [4.78, 5) is 2.38. The predicted octanol–water partition coefficient (Wildman–Crippen LogP) is 3.33. The summed E-state index contributed by atoms with van der Waals surface area (Å²) in [6.45, 7) is 5.32. The first kappa shape index (κ1) is 19.4. The van der Waals surface area contributed by atoms with Gasteiger partial charge in [-0.2, -0.15) is 0 Å². The average Bonchev–Trinajstić information content (AvgIpc) is 2.61. The Kier molecular flexibility index (Phi) is 8.21. The van der Waals surface area contributed by atoms with Crippen LogP contribution in [0.1, 0.15) is 26.2 Å². The van der Waals surface area contributed by atoms with Crippen LogP contribution in [0.2, 0.25) is 6.04 Å². The van der Waals surface area contributed by atoms with Crippen molar-refractivity contribution in [2.24, 2.45) is 0 Å². The van der Waals surface area contributed by atoms with Gasteiger partial charge in [-0.05, 0) is 25.0 Å². The van der Waals surface area contributed by atoms with Crippen molar-refractivity contribution in [3.05, 3.63) is 30.3 Å². The molecule has 2 rings (SSSR count). The monoisotopic (exact) mass is 353 g/mol. The first-order chi connectivity index (χ1) is 11.7. The molecule has 0 radical (unpaired) electrons. The van der Waals surface area contributed by atoms with Crippen molar-refractivity contribution in [1.82, 2.24) is 0 Å². The Morgan fingerprint density at radius 2 is 1.96 bits per heavy atom. The normalized spacial score (nSPS) is 21.0. The van der Waals surface area contributed by atoms with E-state index in [1.165, 1.54) is 12.1 Å². The smallest absolute Gasteiger partial charge is 0.379 e. The maximum Gasteiger partial charge on any atom is 0.500 e. The van der Waals surface area contributed by atoms with Gasteiger partial charge >= 0.3 is 8.80 Å². The average molecular weight is 354 g/mol. The van der Waals surface area contributed by atoms with Crippen LogP contribution in [0.25, 0.3) is 0 Å². The van der Waals surface area contributed by atoms with E-state index in [4.69, 9.17) is 18.0 Å². The fraction of sp³-hybridized carbons (Fsp3) is 0.667. The lowest BCUT2D eigenvalue weighted by Gasteiger charge is -2.36. The molecule has 1 saturated heterocycles. The predicted molar refractivity (Wildman–Crippen MR) is 98.5 cm³/mol. The molecule has 0 N–H and O–H groups in total. The van der Waals surface area contributed by atoms with Gasteiger partial charge in [-0.25, -0.2) is 0 Å².